The summed E-state index contributed by atoms with van der Waals surface area (Å²) >= 11 is 5.65. The molecular formula is C11H13ClN4O. The lowest BCUT2D eigenvalue weighted by atomic mass is 10.4. The molecule has 0 atom stereocenters. The Kier molecular flexibility index (Phi) is 3.28. The molecule has 0 aliphatic heterocycles. The summed E-state index contributed by atoms with van der Waals surface area (Å²) in [7, 11) is 0. The molecule has 0 radical (unpaired) electrons. The van der Waals surface area contributed by atoms with E-state index in [9.17, 15) is 4.79 Å². The van der Waals surface area contributed by atoms with Gasteiger partial charge in [-0.05, 0) is 13.8 Å². The van der Waals surface area contributed by atoms with Gasteiger partial charge >= 0.3 is 0 Å². The first-order chi connectivity index (χ1) is 8.11. The molecule has 2 heterocycles. The third-order valence-electron chi connectivity index (χ3n) is 2.39. The van der Waals surface area contributed by atoms with Crippen LogP contribution in [-0.2, 0) is 5.88 Å². The summed E-state index contributed by atoms with van der Waals surface area (Å²) in [4.78, 5) is 11.4. The molecule has 0 bridgehead atoms. The predicted molar refractivity (Wildman–Crippen MR) is 65.6 cm³/mol. The fraction of sp³-hybridized carbons (Fsp3) is 0.364. The van der Waals surface area contributed by atoms with Crippen molar-refractivity contribution in [3.05, 3.63) is 40.6 Å². The molecule has 0 aromatic carbocycles. The largest absolute Gasteiger partial charge is 0.288 e. The van der Waals surface area contributed by atoms with E-state index in [2.05, 4.69) is 10.2 Å². The Labute approximate surface area is 104 Å². The summed E-state index contributed by atoms with van der Waals surface area (Å²) in [5.41, 5.74) is 1.00. The van der Waals surface area contributed by atoms with E-state index in [0.29, 0.717) is 5.69 Å². The van der Waals surface area contributed by atoms with Gasteiger partial charge in [-0.15, -0.1) is 11.6 Å². The molecule has 2 aromatic heterocycles. The number of hydrogen-bond donors (Lipinski definition) is 0. The molecule has 90 valence electrons. The van der Waals surface area contributed by atoms with E-state index in [1.807, 2.05) is 24.7 Å². The number of alkyl halides is 1. The molecule has 2 aromatic rings. The molecule has 17 heavy (non-hydrogen) atoms. The van der Waals surface area contributed by atoms with E-state index in [-0.39, 0.29) is 17.4 Å². The number of hydrogen-bond acceptors (Lipinski definition) is 3. The maximum atomic E-state index is 11.4. The van der Waals surface area contributed by atoms with Crippen molar-refractivity contribution in [2.75, 3.05) is 0 Å². The van der Waals surface area contributed by atoms with Crippen LogP contribution in [-0.4, -0.2) is 19.6 Å². The van der Waals surface area contributed by atoms with E-state index in [0.717, 1.165) is 5.69 Å². The summed E-state index contributed by atoms with van der Waals surface area (Å²) in [5.74, 6) is 0.109. The Bertz CT molecular complexity index is 573. The molecule has 5 nitrogen and oxygen atoms in total. The molecule has 6 heteroatoms. The number of halogens is 1. The molecule has 0 spiro atoms. The molecule has 0 unspecified atom stereocenters. The highest BCUT2D eigenvalue weighted by atomic mass is 35.5. The number of nitrogens with zero attached hydrogens (tertiary/aromatic N) is 4. The van der Waals surface area contributed by atoms with Crippen LogP contribution in [0.2, 0.25) is 0 Å². The average molecular weight is 253 g/mol. The van der Waals surface area contributed by atoms with Gasteiger partial charge in [-0.2, -0.15) is 10.2 Å². The molecule has 0 amide bonds. The van der Waals surface area contributed by atoms with Crippen LogP contribution in [0.5, 0.6) is 0 Å². The Morgan fingerprint density at radius 3 is 2.82 bits per heavy atom. The quantitative estimate of drug-likeness (QED) is 0.782. The van der Waals surface area contributed by atoms with Crippen molar-refractivity contribution in [2.24, 2.45) is 0 Å². The zero-order valence-electron chi connectivity index (χ0n) is 9.67. The average Bonchev–Trinajstić information content (AvgIpc) is 2.79. The van der Waals surface area contributed by atoms with Crippen LogP contribution in [0, 0.1) is 0 Å². The monoisotopic (exact) mass is 252 g/mol. The maximum absolute atomic E-state index is 11.4. The zero-order chi connectivity index (χ0) is 12.4. The van der Waals surface area contributed by atoms with Gasteiger partial charge < -0.3 is 0 Å². The zero-order valence-corrected chi connectivity index (χ0v) is 10.4. The van der Waals surface area contributed by atoms with Gasteiger partial charge in [0.1, 0.15) is 11.4 Å². The predicted octanol–water partition coefficient (Wildman–Crippen LogP) is 1.75. The molecule has 0 aliphatic rings. The molecule has 0 saturated carbocycles. The Morgan fingerprint density at radius 1 is 1.47 bits per heavy atom. The van der Waals surface area contributed by atoms with Crippen molar-refractivity contribution in [2.45, 2.75) is 25.8 Å². The maximum Gasteiger partial charge on any atom is 0.204 e. The van der Waals surface area contributed by atoms with Crippen molar-refractivity contribution in [1.29, 1.82) is 0 Å². The first kappa shape index (κ1) is 11.9. The topological polar surface area (TPSA) is 52.7 Å². The molecule has 0 N–H and O–H groups in total. The van der Waals surface area contributed by atoms with E-state index < -0.39 is 0 Å². The Balaban J connectivity index is 2.42. The summed E-state index contributed by atoms with van der Waals surface area (Å²) in [6.07, 6.45) is 5.19. The van der Waals surface area contributed by atoms with Crippen LogP contribution in [0.25, 0.3) is 5.69 Å². The number of rotatable bonds is 3. The summed E-state index contributed by atoms with van der Waals surface area (Å²) < 4.78 is 3.43. The van der Waals surface area contributed by atoms with Crippen LogP contribution in [0.15, 0.2) is 29.5 Å². The van der Waals surface area contributed by atoms with E-state index in [4.69, 9.17) is 11.6 Å². The van der Waals surface area contributed by atoms with Crippen LogP contribution >= 0.6 is 11.6 Å². The first-order valence-electron chi connectivity index (χ1n) is 5.31. The van der Waals surface area contributed by atoms with Crippen molar-refractivity contribution < 1.29 is 0 Å². The third kappa shape index (κ3) is 2.39. The summed E-state index contributed by atoms with van der Waals surface area (Å²) in [5, 5.41) is 8.37. The van der Waals surface area contributed by atoms with Crippen molar-refractivity contribution in [3.63, 3.8) is 0 Å². The second kappa shape index (κ2) is 4.71. The van der Waals surface area contributed by atoms with Crippen LogP contribution < -0.4 is 5.43 Å². The smallest absolute Gasteiger partial charge is 0.204 e. The highest BCUT2D eigenvalue weighted by molar-refractivity contribution is 6.16. The second-order valence-electron chi connectivity index (χ2n) is 3.98. The molecule has 0 saturated heterocycles. The first-order valence-corrected chi connectivity index (χ1v) is 5.84. The van der Waals surface area contributed by atoms with Gasteiger partial charge in [-0.25, -0.2) is 4.68 Å². The van der Waals surface area contributed by atoms with Gasteiger partial charge in [0.05, 0.1) is 18.3 Å². The normalized spacial score (nSPS) is 11.1. The number of aromatic nitrogens is 4. The minimum absolute atomic E-state index is 0.109. The Hall–Kier alpha value is -1.62. The van der Waals surface area contributed by atoms with E-state index >= 15 is 0 Å². The minimum atomic E-state index is -0.146. The van der Waals surface area contributed by atoms with Crippen molar-refractivity contribution in [1.82, 2.24) is 19.6 Å². The van der Waals surface area contributed by atoms with Crippen LogP contribution in [0.3, 0.4) is 0 Å². The third-order valence-corrected chi connectivity index (χ3v) is 2.64. The second-order valence-corrected chi connectivity index (χ2v) is 4.24. The van der Waals surface area contributed by atoms with Gasteiger partial charge in [0, 0.05) is 18.3 Å². The lowest BCUT2D eigenvalue weighted by molar-refractivity contribution is 0.532. The minimum Gasteiger partial charge on any atom is -0.288 e. The van der Waals surface area contributed by atoms with Crippen LogP contribution in [0.1, 0.15) is 25.6 Å². The lowest BCUT2D eigenvalue weighted by Gasteiger charge is -2.04. The molecular weight excluding hydrogens is 240 g/mol. The fourth-order valence-electron chi connectivity index (χ4n) is 1.41. The van der Waals surface area contributed by atoms with Crippen LogP contribution in [0.4, 0.5) is 0 Å². The molecule has 0 fully saturated rings. The van der Waals surface area contributed by atoms with E-state index in [1.54, 1.807) is 17.1 Å². The standard InChI is InChI=1S/C11H13ClN4O/c1-8(2)16-7-9(6-13-16)15-4-3-11(17)10(5-12)14-15/h3-4,6-8H,5H2,1-2H3. The Morgan fingerprint density at radius 2 is 2.24 bits per heavy atom. The summed E-state index contributed by atoms with van der Waals surface area (Å²) in [6.45, 7) is 4.08. The van der Waals surface area contributed by atoms with Gasteiger partial charge in [0.15, 0.2) is 0 Å². The van der Waals surface area contributed by atoms with Crippen molar-refractivity contribution in [3.8, 4) is 5.69 Å². The van der Waals surface area contributed by atoms with Gasteiger partial charge in [-0.3, -0.25) is 9.48 Å². The highest BCUT2D eigenvalue weighted by Crippen LogP contribution is 2.08. The lowest BCUT2D eigenvalue weighted by Crippen LogP contribution is -2.14. The van der Waals surface area contributed by atoms with E-state index in [1.165, 1.54) is 6.07 Å². The SMILES string of the molecule is CC(C)n1cc(-n2ccc(=O)c(CCl)n2)cn1. The van der Waals surface area contributed by atoms with Gasteiger partial charge in [0.2, 0.25) is 5.43 Å². The highest BCUT2D eigenvalue weighted by Gasteiger charge is 2.06. The van der Waals surface area contributed by atoms with Gasteiger partial charge in [-0.1, -0.05) is 0 Å². The molecule has 2 rings (SSSR count). The van der Waals surface area contributed by atoms with Gasteiger partial charge in [0.25, 0.3) is 0 Å². The summed E-state index contributed by atoms with van der Waals surface area (Å²) in [6, 6.07) is 1.74. The molecule has 0 aliphatic carbocycles. The fourth-order valence-corrected chi connectivity index (χ4v) is 1.60. The van der Waals surface area contributed by atoms with Crippen molar-refractivity contribution >= 4 is 11.6 Å².